The molecule has 0 bridgehead atoms. The number of piperazine rings is 1. The highest BCUT2D eigenvalue weighted by atomic mass is 16.5. The van der Waals surface area contributed by atoms with Crippen molar-refractivity contribution < 1.29 is 4.74 Å². The van der Waals surface area contributed by atoms with E-state index in [1.165, 1.54) is 12.1 Å². The minimum atomic E-state index is -0.0794. The highest BCUT2D eigenvalue weighted by Crippen LogP contribution is 2.20. The number of aromatic nitrogens is 2. The van der Waals surface area contributed by atoms with Gasteiger partial charge in [-0.2, -0.15) is 0 Å². The largest absolute Gasteiger partial charge is 0.494 e. The van der Waals surface area contributed by atoms with E-state index < -0.39 is 0 Å². The van der Waals surface area contributed by atoms with Crippen molar-refractivity contribution in [2.45, 2.75) is 19.3 Å². The van der Waals surface area contributed by atoms with Gasteiger partial charge in [0.15, 0.2) is 0 Å². The molecular formula is C26H30N4O2. The highest BCUT2D eigenvalue weighted by molar-refractivity contribution is 5.79. The summed E-state index contributed by atoms with van der Waals surface area (Å²) in [7, 11) is 0. The lowest BCUT2D eigenvalue weighted by Crippen LogP contribution is -2.46. The number of aromatic amines is 1. The van der Waals surface area contributed by atoms with Crippen LogP contribution in [-0.2, 0) is 0 Å². The standard InChI is InChI=1S/C26H30N4O2/c31-26-25-10-7-14-30(25)24-12-11-22(20-23(24)27-26)32-19-6-2-5-13-28-15-17-29(18-16-28)21-8-3-1-4-9-21/h1,3-4,7-12,14,20H,2,5-6,13,15-19H2,(H,27,31). The maximum atomic E-state index is 12.2. The monoisotopic (exact) mass is 430 g/mol. The van der Waals surface area contributed by atoms with E-state index in [0.717, 1.165) is 62.3 Å². The molecule has 0 radical (unpaired) electrons. The molecule has 1 saturated heterocycles. The molecule has 0 atom stereocenters. The van der Waals surface area contributed by atoms with Gasteiger partial charge in [0.2, 0.25) is 0 Å². The number of unbranched alkanes of at least 4 members (excludes halogenated alkanes) is 2. The summed E-state index contributed by atoms with van der Waals surface area (Å²) in [5.74, 6) is 0.802. The van der Waals surface area contributed by atoms with Crippen molar-refractivity contribution in [2.24, 2.45) is 0 Å². The number of rotatable bonds is 8. The van der Waals surface area contributed by atoms with E-state index >= 15 is 0 Å². The Morgan fingerprint density at radius 1 is 0.844 bits per heavy atom. The van der Waals surface area contributed by atoms with Crippen molar-refractivity contribution in [2.75, 3.05) is 44.2 Å². The van der Waals surface area contributed by atoms with Crippen LogP contribution in [0.3, 0.4) is 0 Å². The SMILES string of the molecule is O=c1[nH]c2cc(OCCCCCN3CCN(c4ccccc4)CC3)ccc2n2cccc12. The van der Waals surface area contributed by atoms with Gasteiger partial charge >= 0.3 is 0 Å². The Balaban J connectivity index is 1.03. The van der Waals surface area contributed by atoms with Crippen LogP contribution in [0.2, 0.25) is 0 Å². The number of ether oxygens (including phenoxy) is 1. The number of H-pyrrole nitrogens is 1. The molecule has 1 fully saturated rings. The molecule has 3 heterocycles. The molecular weight excluding hydrogens is 400 g/mol. The van der Waals surface area contributed by atoms with Crippen molar-refractivity contribution >= 4 is 22.2 Å². The van der Waals surface area contributed by atoms with Gasteiger partial charge < -0.3 is 19.0 Å². The molecule has 5 rings (SSSR count). The third-order valence-corrected chi connectivity index (χ3v) is 6.34. The van der Waals surface area contributed by atoms with Gasteiger partial charge in [-0.25, -0.2) is 0 Å². The number of para-hydroxylation sites is 1. The van der Waals surface area contributed by atoms with Gasteiger partial charge in [0.25, 0.3) is 5.56 Å². The number of anilines is 1. The zero-order chi connectivity index (χ0) is 21.8. The van der Waals surface area contributed by atoms with Gasteiger partial charge in [-0.05, 0) is 62.2 Å². The van der Waals surface area contributed by atoms with Gasteiger partial charge in [-0.15, -0.1) is 0 Å². The average Bonchev–Trinajstić information content (AvgIpc) is 3.33. The summed E-state index contributed by atoms with van der Waals surface area (Å²) in [5.41, 5.74) is 3.69. The zero-order valence-corrected chi connectivity index (χ0v) is 18.4. The molecule has 0 saturated carbocycles. The van der Waals surface area contributed by atoms with Crippen LogP contribution < -0.4 is 15.2 Å². The Hall–Kier alpha value is -3.25. The lowest BCUT2D eigenvalue weighted by molar-refractivity contribution is 0.246. The van der Waals surface area contributed by atoms with E-state index in [2.05, 4.69) is 45.1 Å². The molecule has 4 aromatic rings. The maximum Gasteiger partial charge on any atom is 0.272 e. The molecule has 1 aliphatic rings. The van der Waals surface area contributed by atoms with Crippen LogP contribution in [0.5, 0.6) is 5.75 Å². The summed E-state index contributed by atoms with van der Waals surface area (Å²) in [6, 6.07) is 20.3. The fourth-order valence-electron chi connectivity index (χ4n) is 4.55. The van der Waals surface area contributed by atoms with Gasteiger partial charge in [0.1, 0.15) is 11.3 Å². The molecule has 0 spiro atoms. The molecule has 1 N–H and O–H groups in total. The third kappa shape index (κ3) is 4.50. The number of nitrogens with one attached hydrogen (secondary N) is 1. The number of benzene rings is 2. The zero-order valence-electron chi connectivity index (χ0n) is 18.4. The van der Waals surface area contributed by atoms with Gasteiger partial charge in [-0.3, -0.25) is 9.69 Å². The number of hydrogen-bond acceptors (Lipinski definition) is 4. The summed E-state index contributed by atoms with van der Waals surface area (Å²) in [4.78, 5) is 20.2. The number of nitrogens with zero attached hydrogens (tertiary/aromatic N) is 3. The Labute approximate surface area is 188 Å². The van der Waals surface area contributed by atoms with E-state index in [0.29, 0.717) is 12.1 Å². The van der Waals surface area contributed by atoms with E-state index in [1.807, 2.05) is 40.9 Å². The molecule has 0 unspecified atom stereocenters. The minimum Gasteiger partial charge on any atom is -0.494 e. The maximum absolute atomic E-state index is 12.2. The Morgan fingerprint density at radius 3 is 2.53 bits per heavy atom. The molecule has 0 aliphatic carbocycles. The van der Waals surface area contributed by atoms with Crippen molar-refractivity contribution in [3.8, 4) is 5.75 Å². The average molecular weight is 431 g/mol. The molecule has 2 aromatic heterocycles. The smallest absolute Gasteiger partial charge is 0.272 e. The quantitative estimate of drug-likeness (QED) is 0.427. The van der Waals surface area contributed by atoms with Crippen LogP contribution in [0, 0.1) is 0 Å². The summed E-state index contributed by atoms with van der Waals surface area (Å²) < 4.78 is 7.87. The van der Waals surface area contributed by atoms with Crippen molar-refractivity contribution in [1.29, 1.82) is 0 Å². The van der Waals surface area contributed by atoms with E-state index in [9.17, 15) is 4.79 Å². The van der Waals surface area contributed by atoms with Crippen LogP contribution >= 0.6 is 0 Å². The first-order valence-corrected chi connectivity index (χ1v) is 11.6. The lowest BCUT2D eigenvalue weighted by Gasteiger charge is -2.36. The lowest BCUT2D eigenvalue weighted by atomic mass is 10.2. The Bertz CT molecular complexity index is 1220. The molecule has 6 heteroatoms. The third-order valence-electron chi connectivity index (χ3n) is 6.34. The highest BCUT2D eigenvalue weighted by Gasteiger charge is 2.16. The molecule has 0 amide bonds. The normalized spacial score (nSPS) is 14.9. The summed E-state index contributed by atoms with van der Waals surface area (Å²) >= 11 is 0. The molecule has 6 nitrogen and oxygen atoms in total. The van der Waals surface area contributed by atoms with Crippen LogP contribution in [-0.4, -0.2) is 53.6 Å². The molecule has 1 aliphatic heterocycles. The fourth-order valence-corrected chi connectivity index (χ4v) is 4.55. The minimum absolute atomic E-state index is 0.0794. The van der Waals surface area contributed by atoms with Gasteiger partial charge in [-0.1, -0.05) is 18.2 Å². The number of hydrogen-bond donors (Lipinski definition) is 1. The van der Waals surface area contributed by atoms with Crippen molar-refractivity contribution in [3.63, 3.8) is 0 Å². The van der Waals surface area contributed by atoms with Crippen molar-refractivity contribution in [1.82, 2.24) is 14.3 Å². The van der Waals surface area contributed by atoms with E-state index in [1.54, 1.807) is 0 Å². The second-order valence-corrected chi connectivity index (χ2v) is 8.47. The first kappa shape index (κ1) is 20.6. The van der Waals surface area contributed by atoms with Crippen LogP contribution in [0.15, 0.2) is 71.7 Å². The molecule has 32 heavy (non-hydrogen) atoms. The van der Waals surface area contributed by atoms with Crippen molar-refractivity contribution in [3.05, 3.63) is 77.2 Å². The second kappa shape index (κ2) is 9.49. The van der Waals surface area contributed by atoms with Crippen LogP contribution in [0.4, 0.5) is 5.69 Å². The van der Waals surface area contributed by atoms with Gasteiger partial charge in [0, 0.05) is 44.1 Å². The number of fused-ring (bicyclic) bond motifs is 3. The molecule has 2 aromatic carbocycles. The van der Waals surface area contributed by atoms with E-state index in [4.69, 9.17) is 4.74 Å². The summed E-state index contributed by atoms with van der Waals surface area (Å²) in [6.45, 7) is 6.33. The van der Waals surface area contributed by atoms with Gasteiger partial charge in [0.05, 0.1) is 17.6 Å². The topological polar surface area (TPSA) is 53.0 Å². The predicted molar refractivity (Wildman–Crippen MR) is 130 cm³/mol. The summed E-state index contributed by atoms with van der Waals surface area (Å²) in [5, 5.41) is 0. The predicted octanol–water partition coefficient (Wildman–Crippen LogP) is 4.15. The Morgan fingerprint density at radius 2 is 1.69 bits per heavy atom. The van der Waals surface area contributed by atoms with Crippen LogP contribution in [0.25, 0.3) is 16.6 Å². The molecule has 166 valence electrons. The first-order valence-electron chi connectivity index (χ1n) is 11.6. The summed E-state index contributed by atoms with van der Waals surface area (Å²) in [6.07, 6.45) is 5.31. The Kier molecular flexibility index (Phi) is 6.12. The van der Waals surface area contributed by atoms with E-state index in [-0.39, 0.29) is 5.56 Å². The second-order valence-electron chi connectivity index (χ2n) is 8.47. The fraction of sp³-hybridized carbons (Fsp3) is 0.346. The first-order chi connectivity index (χ1) is 15.8. The van der Waals surface area contributed by atoms with Crippen LogP contribution in [0.1, 0.15) is 19.3 Å².